The zero-order chi connectivity index (χ0) is 14.5. The first-order chi connectivity index (χ1) is 9.56. The van der Waals surface area contributed by atoms with E-state index in [9.17, 15) is 4.79 Å². The highest BCUT2D eigenvalue weighted by atomic mass is 16.1. The van der Waals surface area contributed by atoms with Crippen LogP contribution in [0.25, 0.3) is 5.82 Å². The molecular formula is C14H19N5O. The van der Waals surface area contributed by atoms with Crippen molar-refractivity contribution in [3.8, 4) is 5.82 Å². The number of nitrogens with zero attached hydrogens (tertiary/aromatic N) is 3. The molecule has 0 aromatic carbocycles. The topological polar surface area (TPSA) is 85.8 Å². The standard InChI is InChI=1S/C14H19N5O/c1-10(15)7-14(20)18-9-12-3-4-13(17-8-12)19-6-5-16-11(19)2/h3-6,8,10H,7,9,15H2,1-2H3,(H,18,20). The van der Waals surface area contributed by atoms with Gasteiger partial charge in [-0.2, -0.15) is 0 Å². The molecule has 0 radical (unpaired) electrons. The van der Waals surface area contributed by atoms with Crippen LogP contribution in [0, 0.1) is 6.92 Å². The predicted molar refractivity (Wildman–Crippen MR) is 76.2 cm³/mol. The summed E-state index contributed by atoms with van der Waals surface area (Å²) in [6.07, 6.45) is 5.68. The van der Waals surface area contributed by atoms with Crippen LogP contribution in [0.15, 0.2) is 30.7 Å². The highest BCUT2D eigenvalue weighted by molar-refractivity contribution is 5.76. The Bertz CT molecular complexity index is 574. The summed E-state index contributed by atoms with van der Waals surface area (Å²) < 4.78 is 1.90. The lowest BCUT2D eigenvalue weighted by Crippen LogP contribution is -2.29. The summed E-state index contributed by atoms with van der Waals surface area (Å²) in [5.41, 5.74) is 6.52. The van der Waals surface area contributed by atoms with Crippen LogP contribution in [0.3, 0.4) is 0 Å². The van der Waals surface area contributed by atoms with Crippen molar-refractivity contribution in [1.82, 2.24) is 19.9 Å². The highest BCUT2D eigenvalue weighted by Gasteiger charge is 2.05. The normalized spacial score (nSPS) is 12.2. The number of aromatic nitrogens is 3. The van der Waals surface area contributed by atoms with Gasteiger partial charge in [-0.1, -0.05) is 6.07 Å². The minimum absolute atomic E-state index is 0.0467. The molecule has 2 aromatic heterocycles. The molecule has 0 aliphatic heterocycles. The Morgan fingerprint density at radius 3 is 2.80 bits per heavy atom. The molecule has 0 saturated heterocycles. The van der Waals surface area contributed by atoms with Gasteiger partial charge in [0.05, 0.1) is 0 Å². The molecule has 1 atom stereocenters. The molecule has 6 nitrogen and oxygen atoms in total. The van der Waals surface area contributed by atoms with E-state index < -0.39 is 0 Å². The lowest BCUT2D eigenvalue weighted by Gasteiger charge is -2.08. The molecule has 106 valence electrons. The quantitative estimate of drug-likeness (QED) is 0.848. The molecule has 0 aliphatic carbocycles. The molecule has 0 bridgehead atoms. The zero-order valence-corrected chi connectivity index (χ0v) is 11.7. The number of nitrogens with one attached hydrogen (secondary N) is 1. The molecule has 0 saturated carbocycles. The second-order valence-electron chi connectivity index (χ2n) is 4.83. The van der Waals surface area contributed by atoms with Gasteiger partial charge in [-0.15, -0.1) is 0 Å². The number of rotatable bonds is 5. The van der Waals surface area contributed by atoms with Gasteiger partial charge in [0, 0.05) is 37.6 Å². The van der Waals surface area contributed by atoms with Crippen LogP contribution in [0.1, 0.15) is 24.7 Å². The van der Waals surface area contributed by atoms with Gasteiger partial charge in [-0.25, -0.2) is 9.97 Å². The molecule has 1 unspecified atom stereocenters. The van der Waals surface area contributed by atoms with Gasteiger partial charge in [0.2, 0.25) is 5.91 Å². The molecule has 2 heterocycles. The summed E-state index contributed by atoms with van der Waals surface area (Å²) in [5, 5.41) is 2.82. The Morgan fingerprint density at radius 1 is 1.45 bits per heavy atom. The van der Waals surface area contributed by atoms with E-state index >= 15 is 0 Å². The molecule has 0 spiro atoms. The van der Waals surface area contributed by atoms with Gasteiger partial charge >= 0.3 is 0 Å². The van der Waals surface area contributed by atoms with Crippen molar-refractivity contribution in [3.63, 3.8) is 0 Å². The smallest absolute Gasteiger partial charge is 0.221 e. The molecule has 2 rings (SSSR count). The van der Waals surface area contributed by atoms with E-state index in [1.807, 2.05) is 36.7 Å². The van der Waals surface area contributed by atoms with Crippen molar-refractivity contribution in [1.29, 1.82) is 0 Å². The molecule has 3 N–H and O–H groups in total. The number of amides is 1. The van der Waals surface area contributed by atoms with Crippen molar-refractivity contribution in [2.75, 3.05) is 0 Å². The summed E-state index contributed by atoms with van der Waals surface area (Å²) in [7, 11) is 0. The molecule has 0 fully saturated rings. The number of imidazole rings is 1. The van der Waals surface area contributed by atoms with E-state index in [1.165, 1.54) is 0 Å². The zero-order valence-electron chi connectivity index (χ0n) is 11.7. The first-order valence-electron chi connectivity index (χ1n) is 6.54. The number of nitrogens with two attached hydrogens (primary N) is 1. The van der Waals surface area contributed by atoms with Gasteiger partial charge < -0.3 is 11.1 Å². The Morgan fingerprint density at radius 2 is 2.25 bits per heavy atom. The number of pyridine rings is 1. The number of hydrogen-bond donors (Lipinski definition) is 2. The molecule has 2 aromatic rings. The maximum atomic E-state index is 11.5. The summed E-state index contributed by atoms with van der Waals surface area (Å²) in [4.78, 5) is 20.0. The first kappa shape index (κ1) is 14.2. The largest absolute Gasteiger partial charge is 0.352 e. The van der Waals surface area contributed by atoms with Crippen LogP contribution >= 0.6 is 0 Å². The number of hydrogen-bond acceptors (Lipinski definition) is 4. The van der Waals surface area contributed by atoms with E-state index in [0.717, 1.165) is 17.2 Å². The summed E-state index contributed by atoms with van der Waals surface area (Å²) >= 11 is 0. The van der Waals surface area contributed by atoms with E-state index in [4.69, 9.17) is 5.73 Å². The molecule has 1 amide bonds. The number of carbonyl (C=O) groups excluding carboxylic acids is 1. The highest BCUT2D eigenvalue weighted by Crippen LogP contribution is 2.08. The van der Waals surface area contributed by atoms with Gasteiger partial charge in [0.1, 0.15) is 11.6 Å². The fourth-order valence-electron chi connectivity index (χ4n) is 1.85. The summed E-state index contributed by atoms with van der Waals surface area (Å²) in [6.45, 7) is 4.19. The van der Waals surface area contributed by atoms with Crippen molar-refractivity contribution in [2.45, 2.75) is 32.9 Å². The maximum Gasteiger partial charge on any atom is 0.221 e. The second-order valence-corrected chi connectivity index (χ2v) is 4.83. The van der Waals surface area contributed by atoms with Gasteiger partial charge in [-0.05, 0) is 25.5 Å². The third-order valence-electron chi connectivity index (χ3n) is 2.88. The van der Waals surface area contributed by atoms with E-state index in [2.05, 4.69) is 15.3 Å². The summed E-state index contributed by atoms with van der Waals surface area (Å²) in [5.74, 6) is 1.65. The Kier molecular flexibility index (Phi) is 4.47. The third-order valence-corrected chi connectivity index (χ3v) is 2.88. The fourth-order valence-corrected chi connectivity index (χ4v) is 1.85. The monoisotopic (exact) mass is 273 g/mol. The molecule has 0 aliphatic rings. The van der Waals surface area contributed by atoms with Crippen molar-refractivity contribution >= 4 is 5.91 Å². The number of aryl methyl sites for hydroxylation is 1. The molecular weight excluding hydrogens is 254 g/mol. The average Bonchev–Trinajstić information content (AvgIpc) is 2.82. The van der Waals surface area contributed by atoms with E-state index in [-0.39, 0.29) is 11.9 Å². The van der Waals surface area contributed by atoms with Crippen molar-refractivity contribution in [2.24, 2.45) is 5.73 Å². The Labute approximate surface area is 118 Å². The molecule has 6 heteroatoms. The van der Waals surface area contributed by atoms with Gasteiger partial charge in [0.25, 0.3) is 0 Å². The van der Waals surface area contributed by atoms with Crippen LogP contribution in [0.4, 0.5) is 0 Å². The fraction of sp³-hybridized carbons (Fsp3) is 0.357. The Balaban J connectivity index is 1.95. The number of carbonyl (C=O) groups is 1. The Hall–Kier alpha value is -2.21. The lowest BCUT2D eigenvalue weighted by molar-refractivity contribution is -0.121. The van der Waals surface area contributed by atoms with Crippen LogP contribution in [0.5, 0.6) is 0 Å². The SMILES string of the molecule is Cc1nccn1-c1ccc(CNC(=O)CC(C)N)cn1. The van der Waals surface area contributed by atoms with Gasteiger partial charge in [-0.3, -0.25) is 9.36 Å². The van der Waals surface area contributed by atoms with E-state index in [0.29, 0.717) is 13.0 Å². The minimum Gasteiger partial charge on any atom is -0.352 e. The van der Waals surface area contributed by atoms with Crippen LogP contribution in [-0.2, 0) is 11.3 Å². The summed E-state index contributed by atoms with van der Waals surface area (Å²) in [6, 6.07) is 3.72. The van der Waals surface area contributed by atoms with Crippen LogP contribution in [-0.4, -0.2) is 26.5 Å². The second kappa shape index (κ2) is 6.29. The lowest BCUT2D eigenvalue weighted by atomic mass is 10.2. The maximum absolute atomic E-state index is 11.5. The predicted octanol–water partition coefficient (Wildman–Crippen LogP) is 0.929. The molecule has 20 heavy (non-hydrogen) atoms. The third kappa shape index (κ3) is 3.64. The van der Waals surface area contributed by atoms with Crippen LogP contribution in [0.2, 0.25) is 0 Å². The van der Waals surface area contributed by atoms with E-state index in [1.54, 1.807) is 12.4 Å². The van der Waals surface area contributed by atoms with Crippen LogP contribution < -0.4 is 11.1 Å². The van der Waals surface area contributed by atoms with Gasteiger partial charge in [0.15, 0.2) is 0 Å². The minimum atomic E-state index is -0.125. The first-order valence-corrected chi connectivity index (χ1v) is 6.54. The van der Waals surface area contributed by atoms with Crippen molar-refractivity contribution < 1.29 is 4.79 Å². The average molecular weight is 273 g/mol. The van der Waals surface area contributed by atoms with Crippen molar-refractivity contribution in [3.05, 3.63) is 42.1 Å².